The maximum absolute atomic E-state index is 3.73. The van der Waals surface area contributed by atoms with Crippen LogP contribution in [0.1, 0.15) is 44.1 Å². The molecule has 0 aliphatic heterocycles. The summed E-state index contributed by atoms with van der Waals surface area (Å²) >= 11 is 0. The van der Waals surface area contributed by atoms with Crippen molar-refractivity contribution in [3.05, 3.63) is 35.9 Å². The van der Waals surface area contributed by atoms with E-state index in [1.165, 1.54) is 44.1 Å². The summed E-state index contributed by atoms with van der Waals surface area (Å²) in [6, 6.07) is 11.5. The van der Waals surface area contributed by atoms with Gasteiger partial charge in [0.05, 0.1) is 0 Å². The van der Waals surface area contributed by atoms with Crippen LogP contribution in [-0.2, 0) is 6.54 Å². The molecule has 2 fully saturated rings. The molecule has 2 aliphatic rings. The molecule has 0 unspecified atom stereocenters. The van der Waals surface area contributed by atoms with Crippen molar-refractivity contribution in [2.45, 2.75) is 51.1 Å². The summed E-state index contributed by atoms with van der Waals surface area (Å²) in [5.41, 5.74) is 2.20. The minimum atomic E-state index is 0.774. The van der Waals surface area contributed by atoms with E-state index in [-0.39, 0.29) is 0 Å². The summed E-state index contributed by atoms with van der Waals surface area (Å²) in [4.78, 5) is 0. The Labute approximate surface area is 98.3 Å². The van der Waals surface area contributed by atoms with E-state index in [0.717, 1.165) is 18.0 Å². The van der Waals surface area contributed by atoms with Crippen LogP contribution < -0.4 is 5.32 Å². The highest BCUT2D eigenvalue weighted by atomic mass is 14.9. The second kappa shape index (κ2) is 4.21. The van der Waals surface area contributed by atoms with Gasteiger partial charge in [0, 0.05) is 12.6 Å². The molecule has 1 spiro atoms. The van der Waals surface area contributed by atoms with Gasteiger partial charge in [-0.3, -0.25) is 0 Å². The number of nitrogens with one attached hydrogen (secondary N) is 1. The predicted octanol–water partition coefficient (Wildman–Crippen LogP) is 3.50. The molecule has 1 N–H and O–H groups in total. The van der Waals surface area contributed by atoms with Crippen molar-refractivity contribution in [2.75, 3.05) is 0 Å². The van der Waals surface area contributed by atoms with Crippen molar-refractivity contribution in [1.82, 2.24) is 5.32 Å². The van der Waals surface area contributed by atoms with Crippen LogP contribution in [0.25, 0.3) is 0 Å². The summed E-state index contributed by atoms with van der Waals surface area (Å²) < 4.78 is 0. The first-order chi connectivity index (χ1) is 7.86. The van der Waals surface area contributed by atoms with Crippen LogP contribution in [0.15, 0.2) is 30.3 Å². The average molecular weight is 215 g/mol. The SMILES string of the molecule is c1ccc(CN[C@H]2CCCC3(CC3)C2)cc1. The third-order valence-electron chi connectivity index (χ3n) is 4.33. The Bertz CT molecular complexity index is 340. The van der Waals surface area contributed by atoms with E-state index in [1.54, 1.807) is 0 Å². The normalized spacial score (nSPS) is 26.9. The van der Waals surface area contributed by atoms with Gasteiger partial charge in [-0.15, -0.1) is 0 Å². The van der Waals surface area contributed by atoms with E-state index in [2.05, 4.69) is 35.6 Å². The van der Waals surface area contributed by atoms with Crippen molar-refractivity contribution in [3.8, 4) is 0 Å². The van der Waals surface area contributed by atoms with Gasteiger partial charge in [0.2, 0.25) is 0 Å². The zero-order valence-corrected chi connectivity index (χ0v) is 9.91. The van der Waals surface area contributed by atoms with E-state index in [0.29, 0.717) is 0 Å². The van der Waals surface area contributed by atoms with Gasteiger partial charge < -0.3 is 5.32 Å². The van der Waals surface area contributed by atoms with Crippen LogP contribution in [0, 0.1) is 5.41 Å². The lowest BCUT2D eigenvalue weighted by molar-refractivity contribution is 0.266. The molecule has 2 aliphatic carbocycles. The van der Waals surface area contributed by atoms with Crippen molar-refractivity contribution in [2.24, 2.45) is 5.41 Å². The predicted molar refractivity (Wildman–Crippen MR) is 67.2 cm³/mol. The van der Waals surface area contributed by atoms with Gasteiger partial charge >= 0.3 is 0 Å². The summed E-state index contributed by atoms with van der Waals surface area (Å²) in [6.07, 6.45) is 8.74. The smallest absolute Gasteiger partial charge is 0.0208 e. The van der Waals surface area contributed by atoms with Gasteiger partial charge in [-0.05, 0) is 43.1 Å². The molecular weight excluding hydrogens is 194 g/mol. The standard InChI is InChI=1S/C15H21N/c1-2-5-13(6-3-1)12-16-14-7-4-8-15(11-14)9-10-15/h1-3,5-6,14,16H,4,7-12H2/t14-/m0/s1. The minimum Gasteiger partial charge on any atom is -0.310 e. The van der Waals surface area contributed by atoms with Crippen LogP contribution in [0.3, 0.4) is 0 Å². The first-order valence-electron chi connectivity index (χ1n) is 6.64. The molecule has 0 heterocycles. The minimum absolute atomic E-state index is 0.774. The third-order valence-corrected chi connectivity index (χ3v) is 4.33. The Morgan fingerprint density at radius 1 is 1.12 bits per heavy atom. The second-order valence-electron chi connectivity index (χ2n) is 5.66. The van der Waals surface area contributed by atoms with Crippen molar-refractivity contribution < 1.29 is 0 Å². The van der Waals surface area contributed by atoms with Crippen LogP contribution >= 0.6 is 0 Å². The Kier molecular flexibility index (Phi) is 2.72. The van der Waals surface area contributed by atoms with Crippen molar-refractivity contribution >= 4 is 0 Å². The highest BCUT2D eigenvalue weighted by Gasteiger charge is 2.45. The van der Waals surface area contributed by atoms with E-state index in [4.69, 9.17) is 0 Å². The van der Waals surface area contributed by atoms with Gasteiger partial charge in [0.15, 0.2) is 0 Å². The Morgan fingerprint density at radius 2 is 1.94 bits per heavy atom. The topological polar surface area (TPSA) is 12.0 Å². The Morgan fingerprint density at radius 3 is 2.69 bits per heavy atom. The molecule has 3 rings (SSSR count). The third kappa shape index (κ3) is 2.30. The maximum Gasteiger partial charge on any atom is 0.0208 e. The second-order valence-corrected chi connectivity index (χ2v) is 5.66. The largest absolute Gasteiger partial charge is 0.310 e. The molecule has 0 saturated heterocycles. The van der Waals surface area contributed by atoms with E-state index < -0.39 is 0 Å². The molecule has 1 heteroatoms. The van der Waals surface area contributed by atoms with Crippen LogP contribution in [0.4, 0.5) is 0 Å². The highest BCUT2D eigenvalue weighted by molar-refractivity contribution is 5.14. The molecule has 86 valence electrons. The number of rotatable bonds is 3. The van der Waals surface area contributed by atoms with Gasteiger partial charge in [0.25, 0.3) is 0 Å². The Hall–Kier alpha value is -0.820. The molecule has 0 aromatic heterocycles. The molecule has 16 heavy (non-hydrogen) atoms. The molecule has 1 nitrogen and oxygen atoms in total. The Balaban J connectivity index is 1.51. The molecule has 2 saturated carbocycles. The zero-order valence-electron chi connectivity index (χ0n) is 9.91. The first-order valence-corrected chi connectivity index (χ1v) is 6.64. The lowest BCUT2D eigenvalue weighted by atomic mass is 9.83. The number of hydrogen-bond acceptors (Lipinski definition) is 1. The van der Waals surface area contributed by atoms with Crippen molar-refractivity contribution in [1.29, 1.82) is 0 Å². The lowest BCUT2D eigenvalue weighted by Gasteiger charge is -2.30. The molecule has 1 atom stereocenters. The highest BCUT2D eigenvalue weighted by Crippen LogP contribution is 2.56. The maximum atomic E-state index is 3.73. The van der Waals surface area contributed by atoms with Crippen LogP contribution in [0.2, 0.25) is 0 Å². The fourth-order valence-electron chi connectivity index (χ4n) is 3.11. The molecule has 0 amide bonds. The fraction of sp³-hybridized carbons (Fsp3) is 0.600. The van der Waals surface area contributed by atoms with E-state index in [1.807, 2.05) is 0 Å². The van der Waals surface area contributed by atoms with Crippen LogP contribution in [0.5, 0.6) is 0 Å². The number of benzene rings is 1. The zero-order chi connectivity index (χ0) is 10.8. The molecular formula is C15H21N. The van der Waals surface area contributed by atoms with Gasteiger partial charge in [-0.2, -0.15) is 0 Å². The molecule has 1 aromatic carbocycles. The molecule has 0 bridgehead atoms. The van der Waals surface area contributed by atoms with Gasteiger partial charge in [-0.1, -0.05) is 36.8 Å². The van der Waals surface area contributed by atoms with Crippen LogP contribution in [-0.4, -0.2) is 6.04 Å². The fourth-order valence-corrected chi connectivity index (χ4v) is 3.11. The molecule has 0 radical (unpaired) electrons. The average Bonchev–Trinajstić information content (AvgIpc) is 3.07. The van der Waals surface area contributed by atoms with E-state index in [9.17, 15) is 0 Å². The van der Waals surface area contributed by atoms with Gasteiger partial charge in [-0.25, -0.2) is 0 Å². The summed E-state index contributed by atoms with van der Waals surface area (Å²) in [5.74, 6) is 0. The monoisotopic (exact) mass is 215 g/mol. The number of hydrogen-bond donors (Lipinski definition) is 1. The van der Waals surface area contributed by atoms with Gasteiger partial charge in [0.1, 0.15) is 0 Å². The molecule has 1 aromatic rings. The first kappa shape index (κ1) is 10.3. The van der Waals surface area contributed by atoms with Crippen molar-refractivity contribution in [3.63, 3.8) is 0 Å². The lowest BCUT2D eigenvalue weighted by Crippen LogP contribution is -2.34. The quantitative estimate of drug-likeness (QED) is 0.813. The summed E-state index contributed by atoms with van der Waals surface area (Å²) in [6.45, 7) is 1.04. The summed E-state index contributed by atoms with van der Waals surface area (Å²) in [7, 11) is 0. The summed E-state index contributed by atoms with van der Waals surface area (Å²) in [5, 5.41) is 3.73. The van der Waals surface area contributed by atoms with E-state index >= 15 is 0 Å².